The van der Waals surface area contributed by atoms with E-state index in [1.807, 2.05) is 6.07 Å². The fourth-order valence-corrected chi connectivity index (χ4v) is 7.04. The van der Waals surface area contributed by atoms with E-state index in [9.17, 15) is 29.4 Å². The van der Waals surface area contributed by atoms with Crippen LogP contribution in [-0.4, -0.2) is 83.1 Å². The SMILES string of the molecule is O=C(CSc1ccc(Cl)cc1)N[C@@H]1C(=O)N2C(C(=O)O)=C(C=C3CCN(Cc4cccc(O)c4)C3=O)CS[C@H]12.c1c[nH]cn1. The number of phenols is 1. The van der Waals surface area contributed by atoms with E-state index < -0.39 is 23.3 Å². The molecule has 2 aromatic carbocycles. The van der Waals surface area contributed by atoms with Crippen LogP contribution in [0.3, 0.4) is 0 Å². The Bertz CT molecular complexity index is 1590. The highest BCUT2D eigenvalue weighted by Crippen LogP contribution is 2.41. The summed E-state index contributed by atoms with van der Waals surface area (Å²) in [7, 11) is 0. The molecule has 4 N–H and O–H groups in total. The number of carbonyl (C=O) groups excluding carboxylic acids is 3. The first kappa shape index (κ1) is 31.2. The maximum Gasteiger partial charge on any atom is 0.352 e. The number of aliphatic carboxylic acids is 1. The van der Waals surface area contributed by atoms with E-state index in [1.54, 1.807) is 72.2 Å². The Morgan fingerprint density at radius 1 is 1.20 bits per heavy atom. The highest BCUT2D eigenvalue weighted by Gasteiger charge is 2.54. The quantitative estimate of drug-likeness (QED) is 0.162. The van der Waals surface area contributed by atoms with Crippen molar-refractivity contribution < 1.29 is 29.4 Å². The van der Waals surface area contributed by atoms with Gasteiger partial charge in [0.2, 0.25) is 11.8 Å². The van der Waals surface area contributed by atoms with E-state index >= 15 is 0 Å². The number of likely N-dealkylation sites (tertiary alicyclic amines) is 1. The van der Waals surface area contributed by atoms with Gasteiger partial charge in [0.05, 0.1) is 12.1 Å². The van der Waals surface area contributed by atoms with Crippen LogP contribution in [0.1, 0.15) is 12.0 Å². The number of carbonyl (C=O) groups is 4. The van der Waals surface area contributed by atoms with Crippen LogP contribution in [0.25, 0.3) is 0 Å². The van der Waals surface area contributed by atoms with Gasteiger partial charge in [-0.1, -0.05) is 23.7 Å². The molecule has 44 heavy (non-hydrogen) atoms. The van der Waals surface area contributed by atoms with Gasteiger partial charge in [0.15, 0.2) is 0 Å². The lowest BCUT2D eigenvalue weighted by molar-refractivity contribution is -0.150. The van der Waals surface area contributed by atoms with Crippen molar-refractivity contribution in [3.8, 4) is 5.75 Å². The summed E-state index contributed by atoms with van der Waals surface area (Å²) in [5.74, 6) is -1.78. The van der Waals surface area contributed by atoms with Crippen molar-refractivity contribution in [2.75, 3.05) is 18.1 Å². The third kappa shape index (κ3) is 7.29. The molecule has 2 saturated heterocycles. The smallest absolute Gasteiger partial charge is 0.352 e. The number of imidazole rings is 1. The van der Waals surface area contributed by atoms with Crippen LogP contribution in [-0.2, 0) is 25.7 Å². The number of aromatic amines is 1. The topological polar surface area (TPSA) is 156 Å². The molecular formula is C30H28ClN5O6S2. The third-order valence-electron chi connectivity index (χ3n) is 6.95. The average molecular weight is 654 g/mol. The number of β-lactam (4-membered cyclic amide) rings is 1. The highest BCUT2D eigenvalue weighted by molar-refractivity contribution is 8.00. The maximum absolute atomic E-state index is 13.0. The summed E-state index contributed by atoms with van der Waals surface area (Å²) in [5.41, 5.74) is 1.50. The van der Waals surface area contributed by atoms with Crippen LogP contribution in [0.4, 0.5) is 0 Å². The molecule has 0 unspecified atom stereocenters. The number of aromatic nitrogens is 2. The summed E-state index contributed by atoms with van der Waals surface area (Å²) < 4.78 is 0. The van der Waals surface area contributed by atoms with Gasteiger partial charge >= 0.3 is 5.97 Å². The summed E-state index contributed by atoms with van der Waals surface area (Å²) in [6.45, 7) is 0.797. The maximum atomic E-state index is 13.0. The number of nitrogens with one attached hydrogen (secondary N) is 2. The second kappa shape index (κ2) is 14.1. The fourth-order valence-electron chi connectivity index (χ4n) is 4.90. The molecule has 0 saturated carbocycles. The number of fused-ring (bicyclic) bond motifs is 1. The molecule has 6 rings (SSSR count). The Labute approximate surface area is 266 Å². The average Bonchev–Trinajstić information content (AvgIpc) is 3.70. The lowest BCUT2D eigenvalue weighted by Crippen LogP contribution is -2.70. The molecule has 2 atom stereocenters. The minimum atomic E-state index is -1.26. The van der Waals surface area contributed by atoms with Crippen LogP contribution in [0, 0.1) is 0 Å². The number of rotatable bonds is 8. The number of hydrogen-bond acceptors (Lipinski definition) is 8. The molecule has 0 bridgehead atoms. The molecule has 228 valence electrons. The molecule has 11 nitrogen and oxygen atoms in total. The number of aromatic hydroxyl groups is 1. The molecule has 4 heterocycles. The molecule has 0 spiro atoms. The summed E-state index contributed by atoms with van der Waals surface area (Å²) >= 11 is 8.54. The lowest BCUT2D eigenvalue weighted by atomic mass is 10.0. The normalized spacial score (nSPS) is 20.2. The number of nitrogens with zero attached hydrogens (tertiary/aromatic N) is 3. The molecule has 0 aliphatic carbocycles. The van der Waals surface area contributed by atoms with E-state index in [-0.39, 0.29) is 34.8 Å². The second-order valence-electron chi connectivity index (χ2n) is 9.95. The first-order valence-corrected chi connectivity index (χ1v) is 15.9. The first-order valence-electron chi connectivity index (χ1n) is 13.5. The van der Waals surface area contributed by atoms with Crippen LogP contribution in [0.2, 0.25) is 5.02 Å². The Balaban J connectivity index is 0.000000698. The number of thioether (sulfide) groups is 2. The molecule has 1 aromatic heterocycles. The van der Waals surface area contributed by atoms with Crippen molar-refractivity contribution in [2.24, 2.45) is 0 Å². The van der Waals surface area contributed by atoms with Crippen LogP contribution < -0.4 is 5.32 Å². The van der Waals surface area contributed by atoms with Crippen molar-refractivity contribution in [3.63, 3.8) is 0 Å². The monoisotopic (exact) mass is 653 g/mol. The predicted molar refractivity (Wildman–Crippen MR) is 167 cm³/mol. The van der Waals surface area contributed by atoms with E-state index in [0.29, 0.717) is 35.7 Å². The number of amides is 3. The van der Waals surface area contributed by atoms with Gasteiger partial charge < -0.3 is 25.4 Å². The van der Waals surface area contributed by atoms with Crippen molar-refractivity contribution in [3.05, 3.63) is 101 Å². The first-order chi connectivity index (χ1) is 21.2. The molecule has 0 radical (unpaired) electrons. The summed E-state index contributed by atoms with van der Waals surface area (Å²) in [4.78, 5) is 60.8. The van der Waals surface area contributed by atoms with E-state index in [1.165, 1.54) is 28.4 Å². The third-order valence-corrected chi connectivity index (χ3v) is 9.52. The number of allylic oxidation sites excluding steroid dienone is 1. The minimum absolute atomic E-state index is 0.100. The van der Waals surface area contributed by atoms with Gasteiger partial charge in [-0.25, -0.2) is 9.78 Å². The number of hydrogen-bond donors (Lipinski definition) is 4. The molecule has 14 heteroatoms. The van der Waals surface area contributed by atoms with Crippen molar-refractivity contribution >= 4 is 58.8 Å². The number of benzene rings is 2. The fraction of sp³-hybridized carbons (Fsp3) is 0.233. The van der Waals surface area contributed by atoms with E-state index in [2.05, 4.69) is 15.3 Å². The van der Waals surface area contributed by atoms with Gasteiger partial charge in [-0.15, -0.1) is 23.5 Å². The predicted octanol–water partition coefficient (Wildman–Crippen LogP) is 3.64. The summed E-state index contributed by atoms with van der Waals surface area (Å²) in [6.07, 6.45) is 7.11. The van der Waals surface area contributed by atoms with Crippen LogP contribution >= 0.6 is 35.1 Å². The molecule has 3 amide bonds. The number of H-pyrrole nitrogens is 1. The zero-order valence-corrected chi connectivity index (χ0v) is 25.6. The number of phenolic OH excluding ortho intramolecular Hbond substituents is 1. The zero-order chi connectivity index (χ0) is 31.2. The zero-order valence-electron chi connectivity index (χ0n) is 23.2. The molecular weight excluding hydrogens is 626 g/mol. The van der Waals surface area contributed by atoms with Gasteiger partial charge in [0.1, 0.15) is 22.9 Å². The Morgan fingerprint density at radius 2 is 2.00 bits per heavy atom. The van der Waals surface area contributed by atoms with Crippen molar-refractivity contribution in [1.82, 2.24) is 25.1 Å². The van der Waals surface area contributed by atoms with Crippen LogP contribution in [0.15, 0.2) is 95.1 Å². The summed E-state index contributed by atoms with van der Waals surface area (Å²) in [5, 5.41) is 22.4. The Morgan fingerprint density at radius 3 is 2.66 bits per heavy atom. The molecule has 2 fully saturated rings. The van der Waals surface area contributed by atoms with Gasteiger partial charge in [0.25, 0.3) is 5.91 Å². The minimum Gasteiger partial charge on any atom is -0.508 e. The molecule has 3 aliphatic heterocycles. The lowest BCUT2D eigenvalue weighted by Gasteiger charge is -2.49. The van der Waals surface area contributed by atoms with E-state index in [4.69, 9.17) is 11.6 Å². The largest absolute Gasteiger partial charge is 0.508 e. The van der Waals surface area contributed by atoms with Crippen LogP contribution in [0.5, 0.6) is 5.75 Å². The van der Waals surface area contributed by atoms with Gasteiger partial charge in [-0.2, -0.15) is 0 Å². The number of carboxylic acid groups (broad SMARTS) is 1. The number of carboxylic acids is 1. The van der Waals surface area contributed by atoms with Gasteiger partial charge in [-0.3, -0.25) is 19.3 Å². The molecule has 3 aromatic rings. The second-order valence-corrected chi connectivity index (χ2v) is 12.5. The standard InChI is InChI=1S/C27H24ClN3O6S2.C3H4N2/c28-18-4-6-20(7-5-18)38-14-21(33)29-22-25(35)31-23(27(36)37)17(13-39-26(22)31)11-16-8-9-30(24(16)34)12-15-2-1-3-19(32)10-15;1-2-5-3-4-1/h1-7,10-11,22,26,32H,8-9,12-14H2,(H,29,33)(H,36,37);1-3H,(H,4,5)/t22-,26-;/m1./s1. The van der Waals surface area contributed by atoms with Crippen molar-refractivity contribution in [2.45, 2.75) is 29.3 Å². The highest BCUT2D eigenvalue weighted by atomic mass is 35.5. The van der Waals surface area contributed by atoms with Gasteiger partial charge in [0, 0.05) is 46.7 Å². The Hall–Kier alpha value is -4.20. The van der Waals surface area contributed by atoms with Crippen molar-refractivity contribution in [1.29, 1.82) is 0 Å². The van der Waals surface area contributed by atoms with Gasteiger partial charge in [-0.05, 0) is 60.0 Å². The molecule has 3 aliphatic rings. The van der Waals surface area contributed by atoms with E-state index in [0.717, 1.165) is 10.5 Å². The Kier molecular flexibility index (Phi) is 9.98. The number of halogens is 1. The summed E-state index contributed by atoms with van der Waals surface area (Å²) in [6, 6.07) is 12.9.